The Morgan fingerprint density at radius 1 is 1.16 bits per heavy atom. The minimum atomic E-state index is 0.119. The van der Waals surface area contributed by atoms with E-state index in [1.807, 2.05) is 19.1 Å². The highest BCUT2D eigenvalue weighted by Crippen LogP contribution is 2.23. The van der Waals surface area contributed by atoms with Gasteiger partial charge in [0.15, 0.2) is 0 Å². The highest BCUT2D eigenvalue weighted by molar-refractivity contribution is 5.25. The molecule has 2 N–H and O–H groups in total. The first kappa shape index (κ1) is 13.8. The predicted octanol–water partition coefficient (Wildman–Crippen LogP) is 3.03. The number of nitrogens with zero attached hydrogens (tertiary/aromatic N) is 1. The molecule has 0 bridgehead atoms. The Bertz CT molecular complexity index is 533. The molecule has 3 heteroatoms. The van der Waals surface area contributed by atoms with Gasteiger partial charge in [0, 0.05) is 13.1 Å². The number of nitrogens with two attached hydrogens (primary N) is 1. The normalized spacial score (nSPS) is 12.9. The summed E-state index contributed by atoms with van der Waals surface area (Å²) >= 11 is 0. The summed E-state index contributed by atoms with van der Waals surface area (Å²) in [6.07, 6.45) is 0. The lowest BCUT2D eigenvalue weighted by Crippen LogP contribution is -2.30. The van der Waals surface area contributed by atoms with Gasteiger partial charge >= 0.3 is 0 Å². The van der Waals surface area contributed by atoms with Crippen molar-refractivity contribution in [3.63, 3.8) is 0 Å². The number of furan rings is 1. The minimum absolute atomic E-state index is 0.119. The lowest BCUT2D eigenvalue weighted by molar-refractivity contribution is 0.211. The summed E-state index contributed by atoms with van der Waals surface area (Å²) in [6, 6.07) is 12.6. The van der Waals surface area contributed by atoms with Gasteiger partial charge in [-0.25, -0.2) is 0 Å². The smallest absolute Gasteiger partial charge is 0.122 e. The molecule has 0 aliphatic heterocycles. The molecule has 1 heterocycles. The molecule has 0 saturated carbocycles. The Labute approximate surface area is 115 Å². The van der Waals surface area contributed by atoms with E-state index in [0.29, 0.717) is 6.54 Å². The van der Waals surface area contributed by atoms with Crippen LogP contribution in [0.25, 0.3) is 0 Å². The van der Waals surface area contributed by atoms with Crippen LogP contribution < -0.4 is 5.73 Å². The summed E-state index contributed by atoms with van der Waals surface area (Å²) < 4.78 is 5.70. The van der Waals surface area contributed by atoms with Crippen molar-refractivity contribution >= 4 is 0 Å². The van der Waals surface area contributed by atoms with Gasteiger partial charge in [0.05, 0.1) is 6.04 Å². The van der Waals surface area contributed by atoms with Crippen molar-refractivity contribution in [1.29, 1.82) is 0 Å². The van der Waals surface area contributed by atoms with Gasteiger partial charge in [-0.1, -0.05) is 24.3 Å². The van der Waals surface area contributed by atoms with Gasteiger partial charge in [-0.15, -0.1) is 0 Å². The van der Waals surface area contributed by atoms with Crippen molar-refractivity contribution in [2.45, 2.75) is 26.4 Å². The molecule has 19 heavy (non-hydrogen) atoms. The zero-order valence-corrected chi connectivity index (χ0v) is 11.9. The number of hydrogen-bond donors (Lipinski definition) is 1. The van der Waals surface area contributed by atoms with Gasteiger partial charge in [0.2, 0.25) is 0 Å². The largest absolute Gasteiger partial charge is 0.465 e. The maximum absolute atomic E-state index is 5.91. The Morgan fingerprint density at radius 3 is 2.47 bits per heavy atom. The number of benzene rings is 1. The van der Waals surface area contributed by atoms with E-state index in [4.69, 9.17) is 10.2 Å². The van der Waals surface area contributed by atoms with Crippen LogP contribution in [0.3, 0.4) is 0 Å². The van der Waals surface area contributed by atoms with Crippen molar-refractivity contribution in [1.82, 2.24) is 4.90 Å². The van der Waals surface area contributed by atoms with E-state index < -0.39 is 0 Å². The zero-order chi connectivity index (χ0) is 13.8. The van der Waals surface area contributed by atoms with Crippen LogP contribution in [-0.4, -0.2) is 18.5 Å². The maximum atomic E-state index is 5.91. The fourth-order valence-electron chi connectivity index (χ4n) is 2.31. The van der Waals surface area contributed by atoms with Gasteiger partial charge in [-0.2, -0.15) is 0 Å². The first-order chi connectivity index (χ1) is 9.11. The third-order valence-electron chi connectivity index (χ3n) is 3.53. The van der Waals surface area contributed by atoms with Crippen LogP contribution in [0.5, 0.6) is 0 Å². The summed E-state index contributed by atoms with van der Waals surface area (Å²) in [7, 11) is 2.09. The predicted molar refractivity (Wildman–Crippen MR) is 77.9 cm³/mol. The monoisotopic (exact) mass is 258 g/mol. The zero-order valence-electron chi connectivity index (χ0n) is 11.9. The molecular formula is C16H22N2O. The van der Waals surface area contributed by atoms with E-state index in [1.54, 1.807) is 0 Å². The Kier molecular flexibility index (Phi) is 4.40. The van der Waals surface area contributed by atoms with Crippen LogP contribution >= 0.6 is 0 Å². The van der Waals surface area contributed by atoms with Crippen molar-refractivity contribution < 1.29 is 4.42 Å². The van der Waals surface area contributed by atoms with Crippen LogP contribution in [-0.2, 0) is 6.54 Å². The fourth-order valence-corrected chi connectivity index (χ4v) is 2.31. The third-order valence-corrected chi connectivity index (χ3v) is 3.53. The average molecular weight is 258 g/mol. The van der Waals surface area contributed by atoms with Crippen LogP contribution in [0, 0.1) is 13.8 Å². The summed E-state index contributed by atoms with van der Waals surface area (Å²) in [5.74, 6) is 1.87. The maximum Gasteiger partial charge on any atom is 0.122 e. The van der Waals surface area contributed by atoms with Gasteiger partial charge < -0.3 is 10.2 Å². The highest BCUT2D eigenvalue weighted by atomic mass is 16.3. The van der Waals surface area contributed by atoms with E-state index in [0.717, 1.165) is 18.1 Å². The molecule has 0 spiro atoms. The number of rotatable bonds is 5. The first-order valence-electron chi connectivity index (χ1n) is 6.63. The van der Waals surface area contributed by atoms with Crippen LogP contribution in [0.2, 0.25) is 0 Å². The first-order valence-corrected chi connectivity index (χ1v) is 6.63. The van der Waals surface area contributed by atoms with E-state index in [2.05, 4.69) is 43.1 Å². The van der Waals surface area contributed by atoms with E-state index in [-0.39, 0.29) is 6.04 Å². The molecule has 2 aromatic rings. The molecular weight excluding hydrogens is 236 g/mol. The van der Waals surface area contributed by atoms with Gasteiger partial charge in [0.1, 0.15) is 11.5 Å². The SMILES string of the molecule is Cc1ccc(C(CN)N(C)Cc2ccccc2C)o1. The number of likely N-dealkylation sites (N-methyl/N-ethyl adjacent to an activating group) is 1. The van der Waals surface area contributed by atoms with Crippen molar-refractivity contribution in [3.05, 3.63) is 59.0 Å². The van der Waals surface area contributed by atoms with Crippen molar-refractivity contribution in [3.8, 4) is 0 Å². The second-order valence-corrected chi connectivity index (χ2v) is 5.04. The van der Waals surface area contributed by atoms with Crippen LogP contribution in [0.4, 0.5) is 0 Å². The van der Waals surface area contributed by atoms with Crippen LogP contribution in [0.1, 0.15) is 28.7 Å². The second kappa shape index (κ2) is 6.04. The molecule has 3 nitrogen and oxygen atoms in total. The number of hydrogen-bond acceptors (Lipinski definition) is 3. The van der Waals surface area contributed by atoms with Crippen molar-refractivity contribution in [2.75, 3.05) is 13.6 Å². The molecule has 0 aliphatic carbocycles. The molecule has 0 aliphatic rings. The Morgan fingerprint density at radius 2 is 1.89 bits per heavy atom. The highest BCUT2D eigenvalue weighted by Gasteiger charge is 2.19. The lowest BCUT2D eigenvalue weighted by Gasteiger charge is -2.26. The molecule has 102 valence electrons. The molecule has 1 unspecified atom stereocenters. The van der Waals surface area contributed by atoms with Crippen LogP contribution in [0.15, 0.2) is 40.8 Å². The summed E-state index contributed by atoms with van der Waals surface area (Å²) in [4.78, 5) is 2.24. The molecule has 0 fully saturated rings. The molecule has 1 atom stereocenters. The van der Waals surface area contributed by atoms with Crippen molar-refractivity contribution in [2.24, 2.45) is 5.73 Å². The van der Waals surface area contributed by atoms with E-state index >= 15 is 0 Å². The molecule has 2 rings (SSSR count). The topological polar surface area (TPSA) is 42.4 Å². The summed E-state index contributed by atoms with van der Waals surface area (Å²) in [5.41, 5.74) is 8.54. The average Bonchev–Trinajstić information content (AvgIpc) is 2.80. The quantitative estimate of drug-likeness (QED) is 0.896. The van der Waals surface area contributed by atoms with E-state index in [9.17, 15) is 0 Å². The lowest BCUT2D eigenvalue weighted by atomic mass is 10.1. The Balaban J connectivity index is 2.13. The third kappa shape index (κ3) is 3.25. The molecule has 0 saturated heterocycles. The second-order valence-electron chi connectivity index (χ2n) is 5.04. The standard InChI is InChI=1S/C16H22N2O/c1-12-6-4-5-7-14(12)11-18(3)15(10-17)16-9-8-13(2)19-16/h4-9,15H,10-11,17H2,1-3H3. The summed E-state index contributed by atoms with van der Waals surface area (Å²) in [5, 5.41) is 0. The fraction of sp³-hybridized carbons (Fsp3) is 0.375. The Hall–Kier alpha value is -1.58. The summed E-state index contributed by atoms with van der Waals surface area (Å²) in [6.45, 7) is 5.51. The molecule has 0 radical (unpaired) electrons. The molecule has 1 aromatic heterocycles. The minimum Gasteiger partial charge on any atom is -0.465 e. The number of aryl methyl sites for hydroxylation is 2. The van der Waals surface area contributed by atoms with E-state index in [1.165, 1.54) is 11.1 Å². The molecule has 0 amide bonds. The van der Waals surface area contributed by atoms with Gasteiger partial charge in [-0.3, -0.25) is 4.90 Å². The molecule has 1 aromatic carbocycles. The van der Waals surface area contributed by atoms with Gasteiger partial charge in [0.25, 0.3) is 0 Å². The van der Waals surface area contributed by atoms with Gasteiger partial charge in [-0.05, 0) is 44.2 Å².